The first-order valence-corrected chi connectivity index (χ1v) is 6.12. The van der Waals surface area contributed by atoms with E-state index in [0.717, 1.165) is 16.9 Å². The lowest BCUT2D eigenvalue weighted by atomic mass is 10.2. The van der Waals surface area contributed by atoms with E-state index < -0.39 is 5.60 Å². The normalized spacial score (nSPS) is 14.6. The summed E-state index contributed by atoms with van der Waals surface area (Å²) in [6, 6.07) is 0. The van der Waals surface area contributed by atoms with Crippen LogP contribution in [0.25, 0.3) is 0 Å². The van der Waals surface area contributed by atoms with Crippen molar-refractivity contribution in [3.63, 3.8) is 0 Å². The third-order valence-electron chi connectivity index (χ3n) is 2.22. The fourth-order valence-electron chi connectivity index (χ4n) is 1.57. The molecule has 2 rings (SSSR count). The van der Waals surface area contributed by atoms with Crippen molar-refractivity contribution >= 4 is 23.7 Å². The van der Waals surface area contributed by atoms with E-state index in [2.05, 4.69) is 4.98 Å². The number of rotatable bonds is 1. The zero-order valence-corrected chi connectivity index (χ0v) is 10.8. The Morgan fingerprint density at radius 2 is 2.18 bits per heavy atom. The van der Waals surface area contributed by atoms with Crippen molar-refractivity contribution in [1.82, 2.24) is 9.88 Å². The molecule has 1 aliphatic heterocycles. The van der Waals surface area contributed by atoms with Gasteiger partial charge in [0, 0.05) is 4.88 Å². The Bertz CT molecular complexity index is 438. The quantitative estimate of drug-likeness (QED) is 0.721. The molecule has 0 aliphatic carbocycles. The van der Waals surface area contributed by atoms with E-state index in [9.17, 15) is 9.59 Å². The summed E-state index contributed by atoms with van der Waals surface area (Å²) >= 11 is 1.33. The third kappa shape index (κ3) is 2.63. The maximum Gasteiger partial charge on any atom is 0.410 e. The van der Waals surface area contributed by atoms with Crippen LogP contribution in [0.15, 0.2) is 0 Å². The minimum Gasteiger partial charge on any atom is -0.444 e. The molecule has 1 aromatic rings. The summed E-state index contributed by atoms with van der Waals surface area (Å²) in [5.74, 6) is 0. The average Bonchev–Trinajstić information content (AvgIpc) is 2.70. The standard InChI is InChI=1S/C11H14N2O3S/c1-11(2,3)16-10(15)13-4-7-8(5-13)17-9(6-14)12-7/h6H,4-5H2,1-3H3. The van der Waals surface area contributed by atoms with Gasteiger partial charge in [0.15, 0.2) is 11.3 Å². The van der Waals surface area contributed by atoms with Crippen LogP contribution in [-0.4, -0.2) is 27.9 Å². The van der Waals surface area contributed by atoms with E-state index in [-0.39, 0.29) is 6.09 Å². The molecule has 6 heteroatoms. The largest absolute Gasteiger partial charge is 0.444 e. The topological polar surface area (TPSA) is 59.5 Å². The third-order valence-corrected chi connectivity index (χ3v) is 3.23. The average molecular weight is 254 g/mol. The Morgan fingerprint density at radius 1 is 1.47 bits per heavy atom. The van der Waals surface area contributed by atoms with Crippen molar-refractivity contribution in [2.24, 2.45) is 0 Å². The Labute approximate surface area is 103 Å². The molecule has 17 heavy (non-hydrogen) atoms. The van der Waals surface area contributed by atoms with Gasteiger partial charge in [0.2, 0.25) is 0 Å². The summed E-state index contributed by atoms with van der Waals surface area (Å²) in [6.07, 6.45) is 0.399. The van der Waals surface area contributed by atoms with Crippen LogP contribution in [0.1, 0.15) is 41.1 Å². The SMILES string of the molecule is CC(C)(C)OC(=O)N1Cc2nc(C=O)sc2C1. The van der Waals surface area contributed by atoms with Crippen LogP contribution >= 0.6 is 11.3 Å². The van der Waals surface area contributed by atoms with Crippen molar-refractivity contribution in [1.29, 1.82) is 0 Å². The number of amides is 1. The molecule has 1 aromatic heterocycles. The van der Waals surface area contributed by atoms with Crippen molar-refractivity contribution in [2.45, 2.75) is 39.5 Å². The van der Waals surface area contributed by atoms with Gasteiger partial charge < -0.3 is 4.74 Å². The second kappa shape index (κ2) is 4.10. The number of hydrogen-bond donors (Lipinski definition) is 0. The highest BCUT2D eigenvalue weighted by atomic mass is 32.1. The van der Waals surface area contributed by atoms with Gasteiger partial charge in [-0.1, -0.05) is 0 Å². The maximum atomic E-state index is 11.8. The fraction of sp³-hybridized carbons (Fsp3) is 0.545. The van der Waals surface area contributed by atoms with Gasteiger partial charge in [0.25, 0.3) is 0 Å². The van der Waals surface area contributed by atoms with Crippen molar-refractivity contribution in [2.75, 3.05) is 0 Å². The Hall–Kier alpha value is -1.43. The second-order valence-corrected chi connectivity index (χ2v) is 5.99. The van der Waals surface area contributed by atoms with E-state index in [1.807, 2.05) is 20.8 Å². The summed E-state index contributed by atoms with van der Waals surface area (Å²) in [4.78, 5) is 29.1. The van der Waals surface area contributed by atoms with Crippen LogP contribution in [0, 0.1) is 0 Å². The highest BCUT2D eigenvalue weighted by molar-refractivity contribution is 7.13. The van der Waals surface area contributed by atoms with Gasteiger partial charge in [0.1, 0.15) is 5.60 Å². The van der Waals surface area contributed by atoms with Gasteiger partial charge in [-0.3, -0.25) is 9.69 Å². The first kappa shape index (κ1) is 12.0. The van der Waals surface area contributed by atoms with Crippen LogP contribution in [0.5, 0.6) is 0 Å². The maximum absolute atomic E-state index is 11.8. The fourth-order valence-corrected chi connectivity index (χ4v) is 2.47. The van der Waals surface area contributed by atoms with Crippen LogP contribution in [0.4, 0.5) is 4.79 Å². The van der Waals surface area contributed by atoms with Crippen molar-refractivity contribution in [3.8, 4) is 0 Å². The van der Waals surface area contributed by atoms with Crippen molar-refractivity contribution in [3.05, 3.63) is 15.6 Å². The predicted octanol–water partition coefficient (Wildman–Crippen LogP) is 2.21. The lowest BCUT2D eigenvalue weighted by molar-refractivity contribution is 0.0241. The zero-order valence-electron chi connectivity index (χ0n) is 10.0. The van der Waals surface area contributed by atoms with Crippen LogP contribution in [-0.2, 0) is 17.8 Å². The molecule has 0 bridgehead atoms. The van der Waals surface area contributed by atoms with Gasteiger partial charge in [-0.05, 0) is 20.8 Å². The van der Waals surface area contributed by atoms with E-state index in [4.69, 9.17) is 4.74 Å². The molecular formula is C11H14N2O3S. The number of thiazole rings is 1. The molecule has 0 aromatic carbocycles. The van der Waals surface area contributed by atoms with Gasteiger partial charge in [-0.15, -0.1) is 11.3 Å². The first-order valence-electron chi connectivity index (χ1n) is 5.31. The summed E-state index contributed by atoms with van der Waals surface area (Å²) in [6.45, 7) is 6.41. The molecule has 0 spiro atoms. The molecular weight excluding hydrogens is 240 g/mol. The molecule has 0 saturated carbocycles. The van der Waals surface area contributed by atoms with E-state index in [0.29, 0.717) is 18.1 Å². The predicted molar refractivity (Wildman–Crippen MR) is 63.0 cm³/mol. The molecule has 2 heterocycles. The van der Waals surface area contributed by atoms with Gasteiger partial charge >= 0.3 is 6.09 Å². The van der Waals surface area contributed by atoms with Crippen LogP contribution in [0.3, 0.4) is 0 Å². The van der Waals surface area contributed by atoms with Gasteiger partial charge in [-0.25, -0.2) is 9.78 Å². The molecule has 0 N–H and O–H groups in total. The molecule has 92 valence electrons. The molecule has 1 aliphatic rings. The lowest BCUT2D eigenvalue weighted by Gasteiger charge is -2.24. The second-order valence-electron chi connectivity index (χ2n) is 4.88. The number of nitrogens with zero attached hydrogens (tertiary/aromatic N) is 2. The number of hydrogen-bond acceptors (Lipinski definition) is 5. The molecule has 0 radical (unpaired) electrons. The molecule has 0 saturated heterocycles. The number of ether oxygens (including phenoxy) is 1. The minimum absolute atomic E-state index is 0.338. The van der Waals surface area contributed by atoms with Gasteiger partial charge in [0.05, 0.1) is 18.8 Å². The number of carbonyl (C=O) groups excluding carboxylic acids is 2. The van der Waals surface area contributed by atoms with Crippen molar-refractivity contribution < 1.29 is 14.3 Å². The van der Waals surface area contributed by atoms with Gasteiger partial charge in [-0.2, -0.15) is 0 Å². The molecule has 1 amide bonds. The number of fused-ring (bicyclic) bond motifs is 1. The lowest BCUT2D eigenvalue weighted by Crippen LogP contribution is -2.33. The molecule has 5 nitrogen and oxygen atoms in total. The number of aldehydes is 1. The Kier molecular flexibility index (Phi) is 2.91. The highest BCUT2D eigenvalue weighted by Crippen LogP contribution is 2.28. The van der Waals surface area contributed by atoms with Crippen LogP contribution in [0.2, 0.25) is 0 Å². The summed E-state index contributed by atoms with van der Waals surface area (Å²) < 4.78 is 5.27. The summed E-state index contributed by atoms with van der Waals surface area (Å²) in [7, 11) is 0. The number of aromatic nitrogens is 1. The molecule has 0 unspecified atom stereocenters. The molecule has 0 atom stereocenters. The molecule has 0 fully saturated rings. The summed E-state index contributed by atoms with van der Waals surface area (Å²) in [5, 5.41) is 0.471. The Morgan fingerprint density at radius 3 is 2.71 bits per heavy atom. The number of carbonyl (C=O) groups is 2. The minimum atomic E-state index is -0.492. The Balaban J connectivity index is 2.03. The van der Waals surface area contributed by atoms with E-state index in [1.165, 1.54) is 11.3 Å². The summed E-state index contributed by atoms with van der Waals surface area (Å²) in [5.41, 5.74) is 0.317. The van der Waals surface area contributed by atoms with E-state index in [1.54, 1.807) is 4.90 Å². The monoisotopic (exact) mass is 254 g/mol. The zero-order chi connectivity index (χ0) is 12.6. The van der Waals surface area contributed by atoms with E-state index >= 15 is 0 Å². The first-order chi connectivity index (χ1) is 7.89. The smallest absolute Gasteiger partial charge is 0.410 e. The highest BCUT2D eigenvalue weighted by Gasteiger charge is 2.30. The van der Waals surface area contributed by atoms with Crippen LogP contribution < -0.4 is 0 Å².